The Hall–Kier alpha value is -1.40. The second-order valence-corrected chi connectivity index (χ2v) is 6.10. The smallest absolute Gasteiger partial charge is 0.320 e. The summed E-state index contributed by atoms with van der Waals surface area (Å²) in [5, 5.41) is 9.30. The molecule has 0 aromatic carbocycles. The lowest BCUT2D eigenvalue weighted by molar-refractivity contribution is -0.143. The maximum atomic E-state index is 11.3. The Labute approximate surface area is 124 Å². The van der Waals surface area contributed by atoms with E-state index in [4.69, 9.17) is 4.42 Å². The van der Waals surface area contributed by atoms with Gasteiger partial charge in [-0.3, -0.25) is 14.6 Å². The summed E-state index contributed by atoms with van der Waals surface area (Å²) in [5.74, 6) is 0.232. The number of carboxylic acids is 1. The molecule has 0 radical (unpaired) electrons. The van der Waals surface area contributed by atoms with Crippen molar-refractivity contribution >= 4 is 5.97 Å². The molecule has 1 aromatic rings. The SMILES string of the molecule is Cc1ocnc1CN1CCC(N2CCCC2C(=O)O)CC1. The topological polar surface area (TPSA) is 69.8 Å². The first-order chi connectivity index (χ1) is 10.1. The third-order valence-electron chi connectivity index (χ3n) is 4.82. The van der Waals surface area contributed by atoms with E-state index in [-0.39, 0.29) is 6.04 Å². The van der Waals surface area contributed by atoms with E-state index in [1.807, 2.05) is 6.92 Å². The first-order valence-electron chi connectivity index (χ1n) is 7.75. The van der Waals surface area contributed by atoms with Gasteiger partial charge in [0.25, 0.3) is 0 Å². The minimum Gasteiger partial charge on any atom is -0.480 e. The van der Waals surface area contributed by atoms with Crippen molar-refractivity contribution in [1.29, 1.82) is 0 Å². The van der Waals surface area contributed by atoms with Gasteiger partial charge in [-0.1, -0.05) is 0 Å². The van der Waals surface area contributed by atoms with E-state index in [1.54, 1.807) is 0 Å². The number of hydrogen-bond acceptors (Lipinski definition) is 5. The van der Waals surface area contributed by atoms with Gasteiger partial charge < -0.3 is 9.52 Å². The Morgan fingerprint density at radius 3 is 2.76 bits per heavy atom. The fourth-order valence-corrected chi connectivity index (χ4v) is 3.59. The normalized spacial score (nSPS) is 25.5. The number of aliphatic carboxylic acids is 1. The molecule has 0 aliphatic carbocycles. The van der Waals surface area contributed by atoms with Crippen molar-refractivity contribution < 1.29 is 14.3 Å². The summed E-state index contributed by atoms with van der Waals surface area (Å²) in [7, 11) is 0. The Kier molecular flexibility index (Phi) is 4.26. The van der Waals surface area contributed by atoms with Crippen molar-refractivity contribution in [2.24, 2.45) is 0 Å². The Bertz CT molecular complexity index is 494. The number of likely N-dealkylation sites (tertiary alicyclic amines) is 2. The van der Waals surface area contributed by atoms with E-state index < -0.39 is 5.97 Å². The number of piperidine rings is 1. The van der Waals surface area contributed by atoms with E-state index in [2.05, 4.69) is 14.8 Å². The second-order valence-electron chi connectivity index (χ2n) is 6.10. The number of nitrogens with zero attached hydrogens (tertiary/aromatic N) is 3. The predicted molar refractivity (Wildman–Crippen MR) is 76.9 cm³/mol. The molecular weight excluding hydrogens is 270 g/mol. The van der Waals surface area contributed by atoms with Crippen LogP contribution in [0.4, 0.5) is 0 Å². The highest BCUT2D eigenvalue weighted by Crippen LogP contribution is 2.26. The van der Waals surface area contributed by atoms with Crippen LogP contribution in [0.3, 0.4) is 0 Å². The number of aryl methyl sites for hydroxylation is 1. The lowest BCUT2D eigenvalue weighted by Gasteiger charge is -2.38. The largest absolute Gasteiger partial charge is 0.480 e. The third-order valence-corrected chi connectivity index (χ3v) is 4.82. The molecule has 2 aliphatic rings. The first kappa shape index (κ1) is 14.5. The summed E-state index contributed by atoms with van der Waals surface area (Å²) in [6, 6.07) is 0.155. The highest BCUT2D eigenvalue weighted by Gasteiger charge is 2.36. The fraction of sp³-hybridized carbons (Fsp3) is 0.733. The number of aromatic nitrogens is 1. The molecule has 21 heavy (non-hydrogen) atoms. The Morgan fingerprint density at radius 1 is 1.38 bits per heavy atom. The fourth-order valence-electron chi connectivity index (χ4n) is 3.59. The van der Waals surface area contributed by atoms with Gasteiger partial charge in [0.05, 0.1) is 5.69 Å². The summed E-state index contributed by atoms with van der Waals surface area (Å²) < 4.78 is 5.24. The zero-order valence-electron chi connectivity index (χ0n) is 12.5. The minimum atomic E-state index is -0.659. The molecule has 3 heterocycles. The van der Waals surface area contributed by atoms with Crippen LogP contribution in [-0.4, -0.2) is 57.6 Å². The van der Waals surface area contributed by atoms with Crippen LogP contribution >= 0.6 is 0 Å². The van der Waals surface area contributed by atoms with Crippen LogP contribution in [0.15, 0.2) is 10.8 Å². The molecule has 6 nitrogen and oxygen atoms in total. The first-order valence-corrected chi connectivity index (χ1v) is 7.75. The minimum absolute atomic E-state index is 0.265. The van der Waals surface area contributed by atoms with Gasteiger partial charge in [0.1, 0.15) is 11.8 Å². The van der Waals surface area contributed by atoms with Gasteiger partial charge in [-0.25, -0.2) is 4.98 Å². The molecule has 0 saturated carbocycles. The van der Waals surface area contributed by atoms with Crippen molar-refractivity contribution in [3.8, 4) is 0 Å². The Morgan fingerprint density at radius 2 is 2.14 bits per heavy atom. The lowest BCUT2D eigenvalue weighted by atomic mass is 10.0. The molecular formula is C15H23N3O3. The van der Waals surface area contributed by atoms with Crippen molar-refractivity contribution in [3.63, 3.8) is 0 Å². The molecule has 0 amide bonds. The number of carboxylic acid groups (broad SMARTS) is 1. The maximum Gasteiger partial charge on any atom is 0.320 e. The van der Waals surface area contributed by atoms with Crippen LogP contribution in [0.5, 0.6) is 0 Å². The van der Waals surface area contributed by atoms with Gasteiger partial charge in [-0.15, -0.1) is 0 Å². The van der Waals surface area contributed by atoms with Crippen LogP contribution < -0.4 is 0 Å². The number of rotatable bonds is 4. The van der Waals surface area contributed by atoms with E-state index in [0.29, 0.717) is 6.04 Å². The zero-order valence-corrected chi connectivity index (χ0v) is 12.5. The lowest BCUT2D eigenvalue weighted by Crippen LogP contribution is -2.48. The standard InChI is InChI=1S/C15H23N3O3/c1-11-13(16-10-21-11)9-17-7-4-12(5-8-17)18-6-2-3-14(18)15(19)20/h10,12,14H,2-9H2,1H3,(H,19,20). The van der Waals surface area contributed by atoms with Gasteiger partial charge in [0.15, 0.2) is 6.39 Å². The van der Waals surface area contributed by atoms with Crippen molar-refractivity contribution in [1.82, 2.24) is 14.8 Å². The van der Waals surface area contributed by atoms with Crippen LogP contribution in [-0.2, 0) is 11.3 Å². The van der Waals surface area contributed by atoms with Gasteiger partial charge in [0, 0.05) is 25.7 Å². The highest BCUT2D eigenvalue weighted by molar-refractivity contribution is 5.73. The molecule has 1 aromatic heterocycles. The quantitative estimate of drug-likeness (QED) is 0.907. The molecule has 1 unspecified atom stereocenters. The second kappa shape index (κ2) is 6.15. The monoisotopic (exact) mass is 293 g/mol. The van der Waals surface area contributed by atoms with Gasteiger partial charge in [-0.2, -0.15) is 0 Å². The predicted octanol–water partition coefficient (Wildman–Crippen LogP) is 1.50. The van der Waals surface area contributed by atoms with E-state index >= 15 is 0 Å². The summed E-state index contributed by atoms with van der Waals surface area (Å²) in [4.78, 5) is 20.1. The molecule has 2 saturated heterocycles. The van der Waals surface area contributed by atoms with Crippen LogP contribution in [0.2, 0.25) is 0 Å². The molecule has 0 bridgehead atoms. The van der Waals surface area contributed by atoms with Crippen molar-refractivity contribution in [3.05, 3.63) is 17.8 Å². The molecule has 1 atom stereocenters. The molecule has 2 aliphatic heterocycles. The summed E-state index contributed by atoms with van der Waals surface area (Å²) in [5.41, 5.74) is 1.01. The summed E-state index contributed by atoms with van der Waals surface area (Å²) >= 11 is 0. The zero-order chi connectivity index (χ0) is 14.8. The van der Waals surface area contributed by atoms with Crippen molar-refractivity contribution in [2.75, 3.05) is 19.6 Å². The highest BCUT2D eigenvalue weighted by atomic mass is 16.4. The molecule has 2 fully saturated rings. The average molecular weight is 293 g/mol. The molecule has 3 rings (SSSR count). The molecule has 116 valence electrons. The molecule has 6 heteroatoms. The molecule has 1 N–H and O–H groups in total. The summed E-state index contributed by atoms with van der Waals surface area (Å²) in [6.45, 7) is 5.71. The van der Waals surface area contributed by atoms with Gasteiger partial charge in [-0.05, 0) is 39.2 Å². The van der Waals surface area contributed by atoms with Gasteiger partial charge in [0.2, 0.25) is 0 Å². The summed E-state index contributed by atoms with van der Waals surface area (Å²) in [6.07, 6.45) is 5.39. The van der Waals surface area contributed by atoms with Crippen molar-refractivity contribution in [2.45, 2.75) is 51.2 Å². The Balaban J connectivity index is 1.53. The number of hydrogen-bond donors (Lipinski definition) is 1. The third kappa shape index (κ3) is 3.11. The van der Waals surface area contributed by atoms with Crippen LogP contribution in [0, 0.1) is 6.92 Å². The average Bonchev–Trinajstić information content (AvgIpc) is 3.10. The van der Waals surface area contributed by atoms with E-state index in [1.165, 1.54) is 6.39 Å². The maximum absolute atomic E-state index is 11.3. The van der Waals surface area contributed by atoms with Crippen LogP contribution in [0.25, 0.3) is 0 Å². The molecule has 0 spiro atoms. The number of carbonyl (C=O) groups is 1. The van der Waals surface area contributed by atoms with E-state index in [9.17, 15) is 9.90 Å². The number of oxazole rings is 1. The van der Waals surface area contributed by atoms with Crippen LogP contribution in [0.1, 0.15) is 37.1 Å². The van der Waals surface area contributed by atoms with E-state index in [0.717, 1.165) is 63.3 Å². The van der Waals surface area contributed by atoms with Gasteiger partial charge >= 0.3 is 5.97 Å².